The Hall–Kier alpha value is -1.09. The Morgan fingerprint density at radius 2 is 1.75 bits per heavy atom. The third-order valence-electron chi connectivity index (χ3n) is 3.02. The number of nitrogens with zero attached hydrogens (tertiary/aromatic N) is 1. The molecule has 88 valence electrons. The minimum absolute atomic E-state index is 0.233. The third kappa shape index (κ3) is 3.49. The summed E-state index contributed by atoms with van der Waals surface area (Å²) in [5.74, 6) is 0.233. The molecule has 0 saturated heterocycles. The summed E-state index contributed by atoms with van der Waals surface area (Å²) in [5.41, 5.74) is 0. The molecular formula is C13H21NOSi. The van der Waals surface area contributed by atoms with Gasteiger partial charge in [0.25, 0.3) is 0 Å². The van der Waals surface area contributed by atoms with Crippen LogP contribution in [0, 0.1) is 0 Å². The molecule has 2 nitrogen and oxygen atoms in total. The van der Waals surface area contributed by atoms with E-state index in [1.807, 2.05) is 20.2 Å². The molecule has 0 aromatic heterocycles. The van der Waals surface area contributed by atoms with Crippen LogP contribution in [0.2, 0.25) is 19.1 Å². The van der Waals surface area contributed by atoms with Gasteiger partial charge in [0.15, 0.2) is 0 Å². The van der Waals surface area contributed by atoms with Crippen molar-refractivity contribution in [2.24, 2.45) is 0 Å². The van der Waals surface area contributed by atoms with Gasteiger partial charge in [-0.2, -0.15) is 0 Å². The van der Waals surface area contributed by atoms with Crippen LogP contribution in [-0.4, -0.2) is 33.0 Å². The molecule has 0 bridgehead atoms. The summed E-state index contributed by atoms with van der Waals surface area (Å²) >= 11 is 0. The molecule has 1 rings (SSSR count). The molecule has 0 aliphatic carbocycles. The van der Waals surface area contributed by atoms with Gasteiger partial charge in [0, 0.05) is 20.5 Å². The first-order chi connectivity index (χ1) is 7.43. The lowest BCUT2D eigenvalue weighted by atomic mass is 10.4. The minimum Gasteiger partial charge on any atom is -0.349 e. The summed E-state index contributed by atoms with van der Waals surface area (Å²) in [7, 11) is 2.20. The normalized spacial score (nSPS) is 11.2. The molecule has 1 amide bonds. The number of rotatable bonds is 4. The van der Waals surface area contributed by atoms with Crippen molar-refractivity contribution in [2.45, 2.75) is 25.6 Å². The molecule has 0 spiro atoms. The maximum atomic E-state index is 11.6. The van der Waals surface area contributed by atoms with Crippen molar-refractivity contribution in [1.29, 1.82) is 0 Å². The number of carbonyl (C=O) groups is 1. The van der Waals surface area contributed by atoms with Gasteiger partial charge in [-0.1, -0.05) is 48.6 Å². The predicted octanol–water partition coefficient (Wildman–Crippen LogP) is 2.08. The molecule has 1 aromatic rings. The second-order valence-corrected chi connectivity index (χ2v) is 9.88. The molecule has 0 atom stereocenters. The Labute approximate surface area is 99.3 Å². The van der Waals surface area contributed by atoms with Crippen LogP contribution in [0.15, 0.2) is 30.3 Å². The summed E-state index contributed by atoms with van der Waals surface area (Å²) in [6, 6.07) is 11.6. The Balaban J connectivity index is 2.63. The van der Waals surface area contributed by atoms with Crippen LogP contribution in [0.1, 0.15) is 6.42 Å². The molecule has 3 heteroatoms. The quantitative estimate of drug-likeness (QED) is 0.732. The zero-order chi connectivity index (χ0) is 12.2. The van der Waals surface area contributed by atoms with Crippen molar-refractivity contribution in [3.05, 3.63) is 30.3 Å². The fourth-order valence-corrected chi connectivity index (χ4v) is 3.90. The fourth-order valence-electron chi connectivity index (χ4n) is 1.68. The van der Waals surface area contributed by atoms with E-state index in [0.29, 0.717) is 6.42 Å². The van der Waals surface area contributed by atoms with E-state index in [-0.39, 0.29) is 5.91 Å². The first-order valence-electron chi connectivity index (χ1n) is 5.69. The van der Waals surface area contributed by atoms with Crippen LogP contribution in [0.25, 0.3) is 0 Å². The van der Waals surface area contributed by atoms with Crippen LogP contribution in [-0.2, 0) is 4.79 Å². The van der Waals surface area contributed by atoms with Crippen molar-refractivity contribution >= 4 is 19.2 Å². The lowest BCUT2D eigenvalue weighted by molar-refractivity contribution is -0.128. The molecule has 1 aromatic carbocycles. The molecule has 0 N–H and O–H groups in total. The molecule has 0 unspecified atom stereocenters. The van der Waals surface area contributed by atoms with Gasteiger partial charge in [0.2, 0.25) is 5.91 Å². The van der Waals surface area contributed by atoms with Crippen LogP contribution < -0.4 is 5.19 Å². The first kappa shape index (κ1) is 13.0. The van der Waals surface area contributed by atoms with Crippen LogP contribution in [0.4, 0.5) is 0 Å². The van der Waals surface area contributed by atoms with Crippen molar-refractivity contribution < 1.29 is 4.79 Å². The second-order valence-electron chi connectivity index (χ2n) is 5.04. The minimum atomic E-state index is -1.44. The summed E-state index contributed by atoms with van der Waals surface area (Å²) in [6.45, 7) is 4.65. The number of amides is 1. The summed E-state index contributed by atoms with van der Waals surface area (Å²) < 4.78 is 0. The molecular weight excluding hydrogens is 214 g/mol. The third-order valence-corrected chi connectivity index (χ3v) is 6.41. The number of hydrogen-bond donors (Lipinski definition) is 0. The van der Waals surface area contributed by atoms with E-state index in [2.05, 4.69) is 37.4 Å². The summed E-state index contributed by atoms with van der Waals surface area (Å²) in [4.78, 5) is 13.2. The average Bonchev–Trinajstić information content (AvgIpc) is 2.27. The lowest BCUT2D eigenvalue weighted by Gasteiger charge is -2.23. The smallest absolute Gasteiger partial charge is 0.221 e. The van der Waals surface area contributed by atoms with Crippen LogP contribution in [0.5, 0.6) is 0 Å². The first-order valence-corrected chi connectivity index (χ1v) is 8.90. The summed E-state index contributed by atoms with van der Waals surface area (Å²) in [6.07, 6.45) is 0.668. The highest BCUT2D eigenvalue weighted by Crippen LogP contribution is 2.13. The lowest BCUT2D eigenvalue weighted by Crippen LogP contribution is -2.42. The van der Waals surface area contributed by atoms with Gasteiger partial charge in [0.05, 0.1) is 8.07 Å². The van der Waals surface area contributed by atoms with E-state index in [9.17, 15) is 4.79 Å². The SMILES string of the molecule is CN(C)C(=O)CC[Si](C)(C)c1ccccc1. The van der Waals surface area contributed by atoms with Crippen molar-refractivity contribution in [1.82, 2.24) is 4.90 Å². The monoisotopic (exact) mass is 235 g/mol. The van der Waals surface area contributed by atoms with Crippen LogP contribution in [0.3, 0.4) is 0 Å². The molecule has 0 saturated carbocycles. The van der Waals surface area contributed by atoms with Gasteiger partial charge in [-0.3, -0.25) is 4.79 Å². The van der Waals surface area contributed by atoms with Crippen molar-refractivity contribution in [3.8, 4) is 0 Å². The molecule has 0 aliphatic rings. The zero-order valence-electron chi connectivity index (χ0n) is 10.7. The number of benzene rings is 1. The number of hydrogen-bond acceptors (Lipinski definition) is 1. The van der Waals surface area contributed by atoms with E-state index in [4.69, 9.17) is 0 Å². The zero-order valence-corrected chi connectivity index (χ0v) is 11.7. The van der Waals surface area contributed by atoms with Gasteiger partial charge in [-0.15, -0.1) is 0 Å². The highest BCUT2D eigenvalue weighted by atomic mass is 28.3. The van der Waals surface area contributed by atoms with Gasteiger partial charge < -0.3 is 4.90 Å². The Kier molecular flexibility index (Phi) is 4.30. The van der Waals surface area contributed by atoms with E-state index in [1.165, 1.54) is 5.19 Å². The van der Waals surface area contributed by atoms with Gasteiger partial charge >= 0.3 is 0 Å². The van der Waals surface area contributed by atoms with Crippen LogP contribution >= 0.6 is 0 Å². The maximum Gasteiger partial charge on any atom is 0.221 e. The second kappa shape index (κ2) is 5.30. The van der Waals surface area contributed by atoms with E-state index >= 15 is 0 Å². The average molecular weight is 235 g/mol. The Morgan fingerprint density at radius 1 is 1.19 bits per heavy atom. The highest BCUT2D eigenvalue weighted by molar-refractivity contribution is 6.89. The molecule has 0 heterocycles. The topological polar surface area (TPSA) is 20.3 Å². The predicted molar refractivity (Wildman–Crippen MR) is 71.7 cm³/mol. The highest BCUT2D eigenvalue weighted by Gasteiger charge is 2.24. The van der Waals surface area contributed by atoms with E-state index < -0.39 is 8.07 Å². The van der Waals surface area contributed by atoms with Gasteiger partial charge in [-0.05, 0) is 6.04 Å². The fraction of sp³-hybridized carbons (Fsp3) is 0.462. The molecule has 0 radical (unpaired) electrons. The summed E-state index contributed by atoms with van der Waals surface area (Å²) in [5, 5.41) is 1.43. The largest absolute Gasteiger partial charge is 0.349 e. The van der Waals surface area contributed by atoms with Crippen molar-refractivity contribution in [3.63, 3.8) is 0 Å². The molecule has 0 aliphatic heterocycles. The van der Waals surface area contributed by atoms with Gasteiger partial charge in [0.1, 0.15) is 0 Å². The van der Waals surface area contributed by atoms with E-state index in [1.54, 1.807) is 4.90 Å². The molecule has 16 heavy (non-hydrogen) atoms. The Bertz CT molecular complexity index is 346. The van der Waals surface area contributed by atoms with E-state index in [0.717, 1.165) is 6.04 Å². The molecule has 0 fully saturated rings. The van der Waals surface area contributed by atoms with Gasteiger partial charge in [-0.25, -0.2) is 0 Å². The Morgan fingerprint density at radius 3 is 2.25 bits per heavy atom. The maximum absolute atomic E-state index is 11.6. The van der Waals surface area contributed by atoms with Crippen molar-refractivity contribution in [2.75, 3.05) is 14.1 Å². The standard InChI is InChI=1S/C13H21NOSi/c1-14(2)13(15)10-11-16(3,4)12-8-6-5-7-9-12/h5-9H,10-11H2,1-4H3. The number of carbonyl (C=O) groups excluding carboxylic acids is 1.